The molecular weight excluding hydrogens is 678 g/mol. The van der Waals surface area contributed by atoms with Crippen LogP contribution in [0.15, 0.2) is 30.3 Å². The molecule has 0 saturated heterocycles. The van der Waals surface area contributed by atoms with Crippen molar-refractivity contribution in [3.8, 4) is 0 Å². The average Bonchev–Trinajstić information content (AvgIpc) is 3.08. The Bertz CT molecular complexity index is 1350. The minimum atomic E-state index is -1.47. The highest BCUT2D eigenvalue weighted by molar-refractivity contribution is 7.80. The van der Waals surface area contributed by atoms with Gasteiger partial charge in [-0.2, -0.15) is 12.6 Å². The van der Waals surface area contributed by atoms with Crippen LogP contribution in [-0.2, 0) is 44.8 Å². The van der Waals surface area contributed by atoms with Crippen LogP contribution in [0.25, 0.3) is 0 Å². The Morgan fingerprint density at radius 3 is 1.78 bits per heavy atom. The third kappa shape index (κ3) is 15.2. The summed E-state index contributed by atoms with van der Waals surface area (Å²) in [5.74, 6) is -8.67. The van der Waals surface area contributed by atoms with Crippen molar-refractivity contribution in [1.29, 1.82) is 0 Å². The molecule has 6 amide bonds. The van der Waals surface area contributed by atoms with Gasteiger partial charge in [-0.15, -0.1) is 0 Å². The molecule has 0 saturated carbocycles. The summed E-state index contributed by atoms with van der Waals surface area (Å²) in [4.78, 5) is 99.9. The van der Waals surface area contributed by atoms with Gasteiger partial charge in [-0.1, -0.05) is 50.6 Å². The molecule has 278 valence electrons. The number of carboxylic acids is 2. The molecule has 18 nitrogen and oxygen atoms in total. The van der Waals surface area contributed by atoms with Gasteiger partial charge in [-0.05, 0) is 24.3 Å². The van der Waals surface area contributed by atoms with E-state index in [9.17, 15) is 48.6 Å². The van der Waals surface area contributed by atoms with E-state index in [1.807, 2.05) is 0 Å². The number of benzene rings is 1. The van der Waals surface area contributed by atoms with Gasteiger partial charge in [-0.3, -0.25) is 33.6 Å². The van der Waals surface area contributed by atoms with E-state index in [1.54, 1.807) is 44.2 Å². The zero-order valence-corrected chi connectivity index (χ0v) is 28.7. The molecule has 0 aliphatic rings. The van der Waals surface area contributed by atoms with Gasteiger partial charge in [-0.25, -0.2) is 4.79 Å². The second-order valence-electron chi connectivity index (χ2n) is 11.6. The van der Waals surface area contributed by atoms with Crippen LogP contribution in [-0.4, -0.2) is 111 Å². The molecular formula is C31H47N7O11S. The monoisotopic (exact) mass is 725 g/mol. The molecule has 1 aromatic carbocycles. The molecule has 1 rings (SSSR count). The number of aliphatic hydroxyl groups excluding tert-OH is 1. The number of carbonyl (C=O) groups is 8. The van der Waals surface area contributed by atoms with Crippen molar-refractivity contribution in [3.63, 3.8) is 0 Å². The van der Waals surface area contributed by atoms with Crippen LogP contribution in [0.1, 0.15) is 51.5 Å². The lowest BCUT2D eigenvalue weighted by Crippen LogP contribution is -2.61. The second kappa shape index (κ2) is 22.1. The summed E-state index contributed by atoms with van der Waals surface area (Å²) in [6.45, 7) is 2.62. The van der Waals surface area contributed by atoms with E-state index in [2.05, 4.69) is 39.2 Å². The third-order valence-corrected chi connectivity index (χ3v) is 8.00. The normalized spacial score (nSPS) is 15.1. The highest BCUT2D eigenvalue weighted by Gasteiger charge is 2.34. The van der Waals surface area contributed by atoms with Crippen LogP contribution in [0.2, 0.25) is 0 Å². The topological polar surface area (TPSA) is 309 Å². The van der Waals surface area contributed by atoms with Gasteiger partial charge in [0.05, 0.1) is 6.61 Å². The smallest absolute Gasteiger partial charge is 0.326 e. The number of nitrogens with one attached hydrogen (secondary N) is 5. The minimum Gasteiger partial charge on any atom is -0.481 e. The summed E-state index contributed by atoms with van der Waals surface area (Å²) in [6.07, 6.45) is -1.23. The number of carbonyl (C=O) groups excluding carboxylic acids is 6. The van der Waals surface area contributed by atoms with E-state index in [1.165, 1.54) is 0 Å². The summed E-state index contributed by atoms with van der Waals surface area (Å²) in [5, 5.41) is 39.9. The standard InChI is InChI=1S/C31H47N7O11S/c1-3-16(2)25(30(47)35-20(31(48)49)9-11-23(33)40)38-29(46)22(15-50)37-28(45)21(13-17-7-5-4-6-8-17)36-27(44)19(10-12-24(41)42)34-26(43)18(32)14-39/h4-8,16,18-22,25,39,50H,3,9-15,32H2,1-2H3,(H2,33,40)(H,34,43)(H,35,47)(H,36,44)(H,37,45)(H,38,46)(H,41,42)(H,48,49)/t16-,18-,19-,20-,21-,22-,25-/m0/s1. The molecule has 1 aromatic rings. The predicted molar refractivity (Wildman–Crippen MR) is 181 cm³/mol. The maximum Gasteiger partial charge on any atom is 0.326 e. The summed E-state index contributed by atoms with van der Waals surface area (Å²) in [5.41, 5.74) is 11.2. The first-order valence-electron chi connectivity index (χ1n) is 15.8. The molecule has 50 heavy (non-hydrogen) atoms. The summed E-state index contributed by atoms with van der Waals surface area (Å²) in [7, 11) is 0. The third-order valence-electron chi connectivity index (χ3n) is 7.63. The number of rotatable bonds is 23. The Labute approximate surface area is 294 Å². The molecule has 7 atom stereocenters. The Morgan fingerprint density at radius 1 is 0.740 bits per heavy atom. The van der Waals surface area contributed by atoms with Gasteiger partial charge in [0.15, 0.2) is 0 Å². The lowest BCUT2D eigenvalue weighted by Gasteiger charge is -2.28. The van der Waals surface area contributed by atoms with E-state index >= 15 is 0 Å². The van der Waals surface area contributed by atoms with Gasteiger partial charge >= 0.3 is 11.9 Å². The first-order chi connectivity index (χ1) is 23.5. The van der Waals surface area contributed by atoms with Crippen LogP contribution in [0.4, 0.5) is 0 Å². The zero-order chi connectivity index (χ0) is 38.0. The average molecular weight is 726 g/mol. The molecule has 0 bridgehead atoms. The van der Waals surface area contributed by atoms with Crippen LogP contribution in [0.3, 0.4) is 0 Å². The van der Waals surface area contributed by atoms with E-state index in [0.29, 0.717) is 12.0 Å². The molecule has 0 fully saturated rings. The highest BCUT2D eigenvalue weighted by Crippen LogP contribution is 2.11. The molecule has 0 aliphatic carbocycles. The van der Waals surface area contributed by atoms with E-state index in [0.717, 1.165) is 0 Å². The van der Waals surface area contributed by atoms with Gasteiger partial charge in [0.25, 0.3) is 0 Å². The molecule has 19 heteroatoms. The number of nitrogens with two attached hydrogens (primary N) is 2. The van der Waals surface area contributed by atoms with E-state index in [4.69, 9.17) is 16.6 Å². The second-order valence-corrected chi connectivity index (χ2v) is 11.9. The van der Waals surface area contributed by atoms with Crippen molar-refractivity contribution >= 4 is 60.0 Å². The first kappa shape index (κ1) is 43.3. The molecule has 0 aromatic heterocycles. The lowest BCUT2D eigenvalue weighted by atomic mass is 9.97. The van der Waals surface area contributed by atoms with Crippen LogP contribution in [0, 0.1) is 5.92 Å². The number of aliphatic carboxylic acids is 2. The number of aliphatic hydroxyl groups is 1. The van der Waals surface area contributed by atoms with Gasteiger partial charge in [0.1, 0.15) is 36.3 Å². The maximum absolute atomic E-state index is 13.6. The number of amides is 6. The van der Waals surface area contributed by atoms with Gasteiger partial charge in [0.2, 0.25) is 35.4 Å². The maximum atomic E-state index is 13.6. The highest BCUT2D eigenvalue weighted by atomic mass is 32.1. The summed E-state index contributed by atoms with van der Waals surface area (Å²) < 4.78 is 0. The first-order valence-corrected chi connectivity index (χ1v) is 16.4. The fourth-order valence-electron chi connectivity index (χ4n) is 4.46. The summed E-state index contributed by atoms with van der Waals surface area (Å²) in [6, 6.07) is 0.109. The lowest BCUT2D eigenvalue weighted by molar-refractivity contribution is -0.143. The van der Waals surface area contributed by atoms with Crippen molar-refractivity contribution in [1.82, 2.24) is 26.6 Å². The number of hydrogen-bond donors (Lipinski definition) is 11. The molecule has 0 unspecified atom stereocenters. The Balaban J connectivity index is 3.26. The Morgan fingerprint density at radius 2 is 1.26 bits per heavy atom. The van der Waals surface area contributed by atoms with Crippen LogP contribution in [0.5, 0.6) is 0 Å². The van der Waals surface area contributed by atoms with Crippen molar-refractivity contribution in [2.45, 2.75) is 88.6 Å². The van der Waals surface area contributed by atoms with E-state index in [-0.39, 0.29) is 31.4 Å². The quantitative estimate of drug-likeness (QED) is 0.0509. The minimum absolute atomic E-state index is 0.102. The van der Waals surface area contributed by atoms with Crippen molar-refractivity contribution in [3.05, 3.63) is 35.9 Å². The van der Waals surface area contributed by atoms with E-state index < -0.39 is 103 Å². The fourth-order valence-corrected chi connectivity index (χ4v) is 4.71. The van der Waals surface area contributed by atoms with Crippen molar-refractivity contribution in [2.75, 3.05) is 12.4 Å². The van der Waals surface area contributed by atoms with Crippen molar-refractivity contribution < 1.29 is 53.7 Å². The molecule has 0 heterocycles. The SMILES string of the molecule is CC[C@H](C)[C@H](NC(=O)[C@H](CS)NC(=O)[C@H](Cc1ccccc1)NC(=O)[C@H](CCC(=O)O)NC(=O)[C@@H](N)CO)C(=O)N[C@@H](CCC(N)=O)C(=O)O. The predicted octanol–water partition coefficient (Wildman–Crippen LogP) is -2.84. The molecule has 12 N–H and O–H groups in total. The summed E-state index contributed by atoms with van der Waals surface area (Å²) >= 11 is 4.17. The van der Waals surface area contributed by atoms with Gasteiger partial charge in [0, 0.05) is 25.0 Å². The van der Waals surface area contributed by atoms with Crippen LogP contribution < -0.4 is 38.1 Å². The molecule has 0 aliphatic heterocycles. The largest absolute Gasteiger partial charge is 0.481 e. The van der Waals surface area contributed by atoms with Crippen LogP contribution >= 0.6 is 12.6 Å². The number of hydrogen-bond acceptors (Lipinski definition) is 11. The molecule has 0 radical (unpaired) electrons. The zero-order valence-electron chi connectivity index (χ0n) is 27.8. The number of thiol groups is 1. The van der Waals surface area contributed by atoms with Crippen molar-refractivity contribution in [2.24, 2.45) is 17.4 Å². The Kier molecular flexibility index (Phi) is 19.1. The number of primary amides is 1. The Hall–Kier alpha value is -4.75. The molecule has 0 spiro atoms. The van der Waals surface area contributed by atoms with Gasteiger partial charge < -0.3 is 53.4 Å². The number of carboxylic acid groups (broad SMARTS) is 2. The fraction of sp³-hybridized carbons (Fsp3) is 0.548.